The normalized spacial score (nSPS) is 12.6. The molecule has 1 aromatic heterocycles. The second-order valence-electron chi connectivity index (χ2n) is 9.65. The molecular weight excluding hydrogens is 524 g/mol. The van der Waals surface area contributed by atoms with E-state index in [0.717, 1.165) is 11.1 Å². The molecule has 3 aromatic rings. The van der Waals surface area contributed by atoms with Crippen LogP contribution in [0.1, 0.15) is 44.7 Å². The number of aliphatic hydroxyl groups excluding tert-OH is 1. The van der Waals surface area contributed by atoms with Crippen LogP contribution in [0, 0.1) is 17.6 Å². The van der Waals surface area contributed by atoms with Crippen LogP contribution in [0.15, 0.2) is 48.5 Å². The topological polar surface area (TPSA) is 144 Å². The molecule has 0 aliphatic rings. The maximum Gasteiger partial charge on any atom is 0.344 e. The number of aliphatic hydroxyl groups is 1. The number of amides is 1. The van der Waals surface area contributed by atoms with Crippen LogP contribution in [0.2, 0.25) is 0 Å². The van der Waals surface area contributed by atoms with Crippen molar-refractivity contribution in [3.63, 3.8) is 0 Å². The zero-order valence-corrected chi connectivity index (χ0v) is 22.5. The van der Waals surface area contributed by atoms with Crippen molar-refractivity contribution < 1.29 is 38.1 Å². The first-order valence-electron chi connectivity index (χ1n) is 12.8. The Labute approximate surface area is 231 Å². The predicted molar refractivity (Wildman–Crippen MR) is 144 cm³/mol. The van der Waals surface area contributed by atoms with Crippen molar-refractivity contribution in [2.24, 2.45) is 11.7 Å². The van der Waals surface area contributed by atoms with E-state index in [0.29, 0.717) is 30.2 Å². The highest BCUT2D eigenvalue weighted by Crippen LogP contribution is 2.32. The third-order valence-corrected chi connectivity index (χ3v) is 5.91. The van der Waals surface area contributed by atoms with E-state index in [1.807, 2.05) is 38.1 Å². The van der Waals surface area contributed by atoms with Crippen molar-refractivity contribution >= 4 is 11.9 Å². The number of benzene rings is 2. The highest BCUT2D eigenvalue weighted by atomic mass is 19.1. The van der Waals surface area contributed by atoms with Gasteiger partial charge in [-0.3, -0.25) is 4.79 Å². The Kier molecular flexibility index (Phi) is 10.5. The minimum Gasteiger partial charge on any atom is -0.479 e. The van der Waals surface area contributed by atoms with Crippen molar-refractivity contribution in [3.05, 3.63) is 71.3 Å². The van der Waals surface area contributed by atoms with Crippen LogP contribution < -0.4 is 20.5 Å². The van der Waals surface area contributed by atoms with Crippen LogP contribution in [0.5, 0.6) is 17.5 Å². The molecule has 1 unspecified atom stereocenters. The number of pyridine rings is 1. The van der Waals surface area contributed by atoms with Crippen LogP contribution in [-0.4, -0.2) is 39.3 Å². The van der Waals surface area contributed by atoms with E-state index in [2.05, 4.69) is 10.3 Å². The second-order valence-corrected chi connectivity index (χ2v) is 9.65. The SMILES string of the molecule is CCC(Oc1nc(Oc2cc(CNC(=O)[C@@H](O)CC(C)C)cc(-c3cccc(CN)c3)c2)c(F)cc1F)C(=O)O. The standard InChI is InChI=1S/C29H33F2N3O6/c1-4-25(29(37)38)40-28-23(31)13-22(30)27(34-28)39-21-11-18(15-33-26(36)24(35)8-16(2)3)10-20(12-21)19-7-5-6-17(9-19)14-32/h5-7,9-13,16,24-25,35H,4,8,14-15,32H2,1-3H3,(H,33,36)(H,37,38)/t24-,25?/m0/s1. The largest absolute Gasteiger partial charge is 0.479 e. The number of hydrogen-bond donors (Lipinski definition) is 4. The highest BCUT2D eigenvalue weighted by Gasteiger charge is 2.23. The molecule has 3 rings (SSSR count). The quantitative estimate of drug-likeness (QED) is 0.240. The number of hydrogen-bond acceptors (Lipinski definition) is 7. The van der Waals surface area contributed by atoms with Gasteiger partial charge in [0.25, 0.3) is 11.8 Å². The number of carbonyl (C=O) groups is 2. The summed E-state index contributed by atoms with van der Waals surface area (Å²) in [6.07, 6.45) is -2.24. The summed E-state index contributed by atoms with van der Waals surface area (Å²) in [5, 5.41) is 22.0. The highest BCUT2D eigenvalue weighted by molar-refractivity contribution is 5.80. The van der Waals surface area contributed by atoms with Gasteiger partial charge in [-0.05, 0) is 65.3 Å². The number of carboxylic acid groups (broad SMARTS) is 1. The zero-order chi connectivity index (χ0) is 29.4. The summed E-state index contributed by atoms with van der Waals surface area (Å²) in [4.78, 5) is 27.4. The summed E-state index contributed by atoms with van der Waals surface area (Å²) in [6, 6.07) is 12.8. The first-order valence-corrected chi connectivity index (χ1v) is 12.8. The number of carbonyl (C=O) groups excluding carboxylic acids is 1. The Balaban J connectivity index is 1.96. The molecule has 0 spiro atoms. The Morgan fingerprint density at radius 2 is 1.73 bits per heavy atom. The van der Waals surface area contributed by atoms with Gasteiger partial charge in [-0.25, -0.2) is 13.6 Å². The minimum absolute atomic E-state index is 0.0227. The number of aromatic nitrogens is 1. The monoisotopic (exact) mass is 557 g/mol. The average molecular weight is 558 g/mol. The molecule has 1 amide bonds. The molecule has 214 valence electrons. The Hall–Kier alpha value is -4.09. The molecule has 0 saturated carbocycles. The number of carboxylic acids is 1. The molecule has 9 nitrogen and oxygen atoms in total. The van der Waals surface area contributed by atoms with E-state index >= 15 is 0 Å². The predicted octanol–water partition coefficient (Wildman–Crippen LogP) is 4.54. The number of rotatable bonds is 13. The van der Waals surface area contributed by atoms with E-state index in [9.17, 15) is 28.6 Å². The summed E-state index contributed by atoms with van der Waals surface area (Å²) in [5.74, 6) is -5.30. The summed E-state index contributed by atoms with van der Waals surface area (Å²) in [7, 11) is 0. The first kappa shape index (κ1) is 30.5. The Morgan fingerprint density at radius 3 is 2.38 bits per heavy atom. The molecule has 2 atom stereocenters. The van der Waals surface area contributed by atoms with Gasteiger partial charge in [0.2, 0.25) is 5.91 Å². The molecular formula is C29H33F2N3O6. The van der Waals surface area contributed by atoms with Crippen molar-refractivity contribution in [2.75, 3.05) is 0 Å². The fourth-order valence-corrected chi connectivity index (χ4v) is 3.87. The number of nitrogens with one attached hydrogen (secondary N) is 1. The van der Waals surface area contributed by atoms with Gasteiger partial charge in [0.15, 0.2) is 17.7 Å². The van der Waals surface area contributed by atoms with Crippen LogP contribution >= 0.6 is 0 Å². The number of ether oxygens (including phenoxy) is 2. The van der Waals surface area contributed by atoms with E-state index in [1.54, 1.807) is 12.1 Å². The fourth-order valence-electron chi connectivity index (χ4n) is 3.87. The van der Waals surface area contributed by atoms with Crippen LogP contribution in [0.4, 0.5) is 8.78 Å². The van der Waals surface area contributed by atoms with Crippen molar-refractivity contribution in [1.29, 1.82) is 0 Å². The number of nitrogens with zero attached hydrogens (tertiary/aromatic N) is 1. The van der Waals surface area contributed by atoms with E-state index < -0.39 is 47.5 Å². The lowest BCUT2D eigenvalue weighted by Crippen LogP contribution is -2.34. The van der Waals surface area contributed by atoms with E-state index in [1.165, 1.54) is 13.0 Å². The second kappa shape index (κ2) is 13.8. The summed E-state index contributed by atoms with van der Waals surface area (Å²) < 4.78 is 39.8. The Morgan fingerprint density at radius 1 is 1.02 bits per heavy atom. The first-order chi connectivity index (χ1) is 19.0. The number of aliphatic carboxylic acids is 1. The van der Waals surface area contributed by atoms with Gasteiger partial charge < -0.3 is 30.7 Å². The lowest BCUT2D eigenvalue weighted by Gasteiger charge is -2.16. The molecule has 0 radical (unpaired) electrons. The number of halogens is 2. The minimum atomic E-state index is -1.39. The van der Waals surface area contributed by atoms with Crippen molar-refractivity contribution in [1.82, 2.24) is 10.3 Å². The van der Waals surface area contributed by atoms with Gasteiger partial charge in [-0.15, -0.1) is 0 Å². The molecule has 0 saturated heterocycles. The van der Waals surface area contributed by atoms with E-state index in [-0.39, 0.29) is 24.6 Å². The van der Waals surface area contributed by atoms with Crippen molar-refractivity contribution in [2.45, 2.75) is 58.9 Å². The third kappa shape index (κ3) is 8.20. The van der Waals surface area contributed by atoms with Gasteiger partial charge in [0.1, 0.15) is 11.9 Å². The zero-order valence-electron chi connectivity index (χ0n) is 22.5. The molecule has 0 fully saturated rings. The molecule has 2 aromatic carbocycles. The molecule has 11 heteroatoms. The van der Waals surface area contributed by atoms with Gasteiger partial charge in [0.05, 0.1) is 0 Å². The lowest BCUT2D eigenvalue weighted by atomic mass is 10.0. The Bertz CT molecular complexity index is 1350. The fraction of sp³-hybridized carbons (Fsp3) is 0.345. The van der Waals surface area contributed by atoms with Crippen LogP contribution in [-0.2, 0) is 22.7 Å². The number of nitrogens with two attached hydrogens (primary N) is 1. The van der Waals surface area contributed by atoms with Gasteiger partial charge >= 0.3 is 5.97 Å². The van der Waals surface area contributed by atoms with Crippen LogP contribution in [0.3, 0.4) is 0 Å². The summed E-state index contributed by atoms with van der Waals surface area (Å²) in [6.45, 7) is 5.65. The van der Waals surface area contributed by atoms with Gasteiger partial charge in [0, 0.05) is 19.2 Å². The molecule has 0 bridgehead atoms. The smallest absolute Gasteiger partial charge is 0.344 e. The molecule has 0 aliphatic heterocycles. The van der Waals surface area contributed by atoms with Gasteiger partial charge in [-0.1, -0.05) is 39.0 Å². The molecule has 0 aliphatic carbocycles. The van der Waals surface area contributed by atoms with Crippen LogP contribution in [0.25, 0.3) is 11.1 Å². The molecule has 1 heterocycles. The average Bonchev–Trinajstić information content (AvgIpc) is 2.91. The summed E-state index contributed by atoms with van der Waals surface area (Å²) >= 11 is 0. The molecule has 40 heavy (non-hydrogen) atoms. The molecule has 5 N–H and O–H groups in total. The maximum absolute atomic E-state index is 14.7. The third-order valence-electron chi connectivity index (χ3n) is 5.91. The lowest BCUT2D eigenvalue weighted by molar-refractivity contribution is -0.145. The summed E-state index contributed by atoms with van der Waals surface area (Å²) in [5.41, 5.74) is 8.63. The van der Waals surface area contributed by atoms with Gasteiger partial charge in [-0.2, -0.15) is 4.98 Å². The maximum atomic E-state index is 14.7. The van der Waals surface area contributed by atoms with E-state index in [4.69, 9.17) is 15.2 Å². The van der Waals surface area contributed by atoms with Crippen molar-refractivity contribution in [3.8, 4) is 28.6 Å².